The number of carbonyl (C=O) groups excluding carboxylic acids is 1. The van der Waals surface area contributed by atoms with Crippen LogP contribution in [0.4, 0.5) is 0 Å². The second kappa shape index (κ2) is 16.3. The summed E-state index contributed by atoms with van der Waals surface area (Å²) in [6.07, 6.45) is 12.9. The highest BCUT2D eigenvalue weighted by Crippen LogP contribution is 2.15. The molecule has 0 saturated carbocycles. The molecular weight excluding hydrogens is 292 g/mol. The summed E-state index contributed by atoms with van der Waals surface area (Å²) in [5.74, 6) is -0.141. The first-order valence-corrected chi connectivity index (χ1v) is 9.54. The molecule has 0 aliphatic carbocycles. The lowest BCUT2D eigenvalue weighted by molar-refractivity contribution is -0.140. The number of methoxy groups -OCH3 is 1. The molecule has 0 heterocycles. The lowest BCUT2D eigenvalue weighted by Crippen LogP contribution is -2.25. The average Bonchev–Trinajstić information content (AvgIpc) is 2.56. The minimum absolute atomic E-state index is 0.141. The maximum atomic E-state index is 10.9. The van der Waals surface area contributed by atoms with Crippen LogP contribution in [0, 0.1) is 0 Å². The molecule has 0 spiro atoms. The van der Waals surface area contributed by atoms with E-state index >= 15 is 0 Å². The van der Waals surface area contributed by atoms with Gasteiger partial charge in [0.15, 0.2) is 0 Å². The molecule has 0 aromatic heterocycles. The van der Waals surface area contributed by atoms with Crippen LogP contribution in [0.1, 0.15) is 96.8 Å². The van der Waals surface area contributed by atoms with Crippen molar-refractivity contribution in [1.82, 2.24) is 0 Å². The van der Waals surface area contributed by atoms with Gasteiger partial charge in [-0.1, -0.05) is 71.1 Å². The second-order valence-electron chi connectivity index (χ2n) is 6.57. The topological polar surface area (TPSA) is 66.8 Å². The standard InChI is InChI=1S/C19H38O4/c1-3-4-5-6-8-11-14-17(20)18(21)15-12-9-7-10-13-16-19(22)23-2/h17-18,20-21H,3-16H2,1-2H3/t17-,18?/m1/s1. The zero-order valence-electron chi connectivity index (χ0n) is 15.3. The van der Waals surface area contributed by atoms with E-state index in [-0.39, 0.29) is 5.97 Å². The fourth-order valence-corrected chi connectivity index (χ4v) is 2.77. The highest BCUT2D eigenvalue weighted by Gasteiger charge is 2.15. The summed E-state index contributed by atoms with van der Waals surface area (Å²) in [6.45, 7) is 2.21. The summed E-state index contributed by atoms with van der Waals surface area (Å²) in [5, 5.41) is 19.9. The van der Waals surface area contributed by atoms with Crippen molar-refractivity contribution in [1.29, 1.82) is 0 Å². The molecule has 23 heavy (non-hydrogen) atoms. The van der Waals surface area contributed by atoms with E-state index in [2.05, 4.69) is 11.7 Å². The van der Waals surface area contributed by atoms with Gasteiger partial charge in [-0.25, -0.2) is 0 Å². The van der Waals surface area contributed by atoms with Crippen LogP contribution in [-0.4, -0.2) is 35.5 Å². The average molecular weight is 331 g/mol. The summed E-state index contributed by atoms with van der Waals surface area (Å²) in [6, 6.07) is 0. The largest absolute Gasteiger partial charge is 0.469 e. The SMILES string of the molecule is CCCCCCCC[C@@H](O)C(O)CCCCCCCC(=O)OC. The van der Waals surface area contributed by atoms with Gasteiger partial charge in [-0.05, 0) is 19.3 Å². The molecule has 0 aliphatic rings. The third-order valence-corrected chi connectivity index (χ3v) is 4.41. The number of aliphatic hydroxyl groups is 2. The highest BCUT2D eigenvalue weighted by atomic mass is 16.5. The van der Waals surface area contributed by atoms with Gasteiger partial charge in [0, 0.05) is 6.42 Å². The normalized spacial score (nSPS) is 13.7. The van der Waals surface area contributed by atoms with Gasteiger partial charge in [-0.15, -0.1) is 0 Å². The Morgan fingerprint density at radius 1 is 0.783 bits per heavy atom. The minimum Gasteiger partial charge on any atom is -0.469 e. The summed E-state index contributed by atoms with van der Waals surface area (Å²) in [7, 11) is 1.42. The number of hydrogen-bond donors (Lipinski definition) is 2. The molecule has 0 aliphatic heterocycles. The van der Waals surface area contributed by atoms with E-state index in [9.17, 15) is 15.0 Å². The van der Waals surface area contributed by atoms with Crippen molar-refractivity contribution in [2.24, 2.45) is 0 Å². The van der Waals surface area contributed by atoms with E-state index in [4.69, 9.17) is 0 Å². The van der Waals surface area contributed by atoms with Crippen LogP contribution in [0.15, 0.2) is 0 Å². The highest BCUT2D eigenvalue weighted by molar-refractivity contribution is 5.68. The summed E-state index contributed by atoms with van der Waals surface area (Å²) in [5.41, 5.74) is 0. The molecular formula is C19H38O4. The molecule has 2 N–H and O–H groups in total. The third-order valence-electron chi connectivity index (χ3n) is 4.41. The quantitative estimate of drug-likeness (QED) is 0.326. The van der Waals surface area contributed by atoms with Gasteiger partial charge < -0.3 is 14.9 Å². The Morgan fingerprint density at radius 3 is 1.70 bits per heavy atom. The number of rotatable bonds is 16. The first-order valence-electron chi connectivity index (χ1n) is 9.54. The maximum absolute atomic E-state index is 10.9. The number of aliphatic hydroxyl groups excluding tert-OH is 2. The molecule has 0 radical (unpaired) electrons. The molecule has 0 rings (SSSR count). The number of carbonyl (C=O) groups is 1. The summed E-state index contributed by atoms with van der Waals surface area (Å²) < 4.78 is 4.60. The first kappa shape index (κ1) is 22.4. The molecule has 4 heteroatoms. The van der Waals surface area contributed by atoms with E-state index in [0.29, 0.717) is 19.3 Å². The molecule has 0 aromatic rings. The maximum Gasteiger partial charge on any atom is 0.305 e. The molecule has 0 bridgehead atoms. The first-order chi connectivity index (χ1) is 11.1. The number of ether oxygens (including phenoxy) is 1. The molecule has 1 unspecified atom stereocenters. The van der Waals surface area contributed by atoms with Gasteiger partial charge in [0.25, 0.3) is 0 Å². The van der Waals surface area contributed by atoms with Crippen LogP contribution in [0.2, 0.25) is 0 Å². The Labute approximate surface area is 142 Å². The van der Waals surface area contributed by atoms with Gasteiger partial charge in [-0.3, -0.25) is 4.79 Å². The van der Waals surface area contributed by atoms with Crippen molar-refractivity contribution >= 4 is 5.97 Å². The van der Waals surface area contributed by atoms with Crippen LogP contribution >= 0.6 is 0 Å². The molecule has 2 atom stereocenters. The Kier molecular flexibility index (Phi) is 15.8. The van der Waals surface area contributed by atoms with Crippen molar-refractivity contribution in [3.05, 3.63) is 0 Å². The van der Waals surface area contributed by atoms with E-state index in [0.717, 1.165) is 44.9 Å². The fraction of sp³-hybridized carbons (Fsp3) is 0.947. The van der Waals surface area contributed by atoms with Gasteiger partial charge in [-0.2, -0.15) is 0 Å². The Bertz CT molecular complexity index is 268. The van der Waals surface area contributed by atoms with Crippen molar-refractivity contribution < 1.29 is 19.7 Å². The van der Waals surface area contributed by atoms with E-state index in [1.807, 2.05) is 0 Å². The molecule has 0 amide bonds. The monoisotopic (exact) mass is 330 g/mol. The fourth-order valence-electron chi connectivity index (χ4n) is 2.77. The Morgan fingerprint density at radius 2 is 1.22 bits per heavy atom. The van der Waals surface area contributed by atoms with Gasteiger partial charge in [0.1, 0.15) is 0 Å². The third kappa shape index (κ3) is 14.7. The molecule has 0 saturated heterocycles. The van der Waals surface area contributed by atoms with Gasteiger partial charge in [0.2, 0.25) is 0 Å². The molecule has 4 nitrogen and oxygen atoms in total. The summed E-state index contributed by atoms with van der Waals surface area (Å²) >= 11 is 0. The Hall–Kier alpha value is -0.610. The van der Waals surface area contributed by atoms with Crippen LogP contribution in [-0.2, 0) is 9.53 Å². The smallest absolute Gasteiger partial charge is 0.305 e. The number of hydrogen-bond acceptors (Lipinski definition) is 4. The number of esters is 1. The van der Waals surface area contributed by atoms with Crippen molar-refractivity contribution in [3.8, 4) is 0 Å². The van der Waals surface area contributed by atoms with Gasteiger partial charge >= 0.3 is 5.97 Å². The summed E-state index contributed by atoms with van der Waals surface area (Å²) in [4.78, 5) is 10.9. The van der Waals surface area contributed by atoms with E-state index in [1.165, 1.54) is 32.8 Å². The second-order valence-corrected chi connectivity index (χ2v) is 6.57. The zero-order chi connectivity index (χ0) is 17.3. The van der Waals surface area contributed by atoms with E-state index < -0.39 is 12.2 Å². The lowest BCUT2D eigenvalue weighted by Gasteiger charge is -2.17. The number of unbranched alkanes of at least 4 members (excludes halogenated alkanes) is 9. The van der Waals surface area contributed by atoms with Crippen molar-refractivity contribution in [3.63, 3.8) is 0 Å². The minimum atomic E-state index is -0.583. The van der Waals surface area contributed by atoms with E-state index in [1.54, 1.807) is 0 Å². The van der Waals surface area contributed by atoms with Crippen molar-refractivity contribution in [2.75, 3.05) is 7.11 Å². The predicted octanol–water partition coefficient (Wildman–Crippen LogP) is 4.36. The van der Waals surface area contributed by atoms with Gasteiger partial charge in [0.05, 0.1) is 19.3 Å². The Balaban J connectivity index is 3.40. The molecule has 138 valence electrons. The van der Waals surface area contributed by atoms with Crippen LogP contribution in [0.5, 0.6) is 0 Å². The predicted molar refractivity (Wildman–Crippen MR) is 94.3 cm³/mol. The molecule has 0 aromatic carbocycles. The van der Waals surface area contributed by atoms with Crippen LogP contribution in [0.25, 0.3) is 0 Å². The lowest BCUT2D eigenvalue weighted by atomic mass is 9.99. The van der Waals surface area contributed by atoms with Crippen molar-refractivity contribution in [2.45, 2.75) is 109 Å². The van der Waals surface area contributed by atoms with Crippen LogP contribution in [0.3, 0.4) is 0 Å². The molecule has 0 fully saturated rings. The van der Waals surface area contributed by atoms with Crippen LogP contribution < -0.4 is 0 Å². The zero-order valence-corrected chi connectivity index (χ0v) is 15.3.